The molecule has 0 aliphatic carbocycles. The molecule has 3 heterocycles. The van der Waals surface area contributed by atoms with Crippen molar-refractivity contribution >= 4 is 11.6 Å². The monoisotopic (exact) mass is 513 g/mol. The maximum Gasteiger partial charge on any atom is 0.333 e. The van der Waals surface area contributed by atoms with Crippen LogP contribution >= 0.6 is 11.6 Å². The molecule has 5 aromatic rings. The quantitative estimate of drug-likeness (QED) is 0.289. The molecule has 0 saturated heterocycles. The summed E-state index contributed by atoms with van der Waals surface area (Å²) in [6, 6.07) is 17.7. The summed E-state index contributed by atoms with van der Waals surface area (Å²) >= 11 is 6.61. The van der Waals surface area contributed by atoms with Gasteiger partial charge in [-0.15, -0.1) is 5.10 Å². The molecule has 9 heteroatoms. The summed E-state index contributed by atoms with van der Waals surface area (Å²) in [6.45, 7) is 6.80. The Hall–Kier alpha value is -4.04. The second-order valence-electron chi connectivity index (χ2n) is 9.29. The van der Waals surface area contributed by atoms with E-state index in [0.29, 0.717) is 17.4 Å². The van der Waals surface area contributed by atoms with Crippen LogP contribution in [0.15, 0.2) is 71.8 Å². The van der Waals surface area contributed by atoms with Gasteiger partial charge in [-0.25, -0.2) is 9.89 Å². The number of tetrazole rings is 1. The van der Waals surface area contributed by atoms with Crippen LogP contribution in [-0.2, 0) is 13.0 Å². The lowest BCUT2D eigenvalue weighted by molar-refractivity contribution is 0.690. The maximum atomic E-state index is 13.7. The lowest BCUT2D eigenvalue weighted by Crippen LogP contribution is -2.25. The van der Waals surface area contributed by atoms with Gasteiger partial charge in [-0.1, -0.05) is 75.2 Å². The predicted molar refractivity (Wildman–Crippen MR) is 145 cm³/mol. The molecule has 0 fully saturated rings. The third-order valence-corrected chi connectivity index (χ3v) is 6.73. The highest BCUT2D eigenvalue weighted by Gasteiger charge is 2.19. The van der Waals surface area contributed by atoms with Crippen molar-refractivity contribution in [1.29, 1.82) is 0 Å². The standard InChI is InChI=1S/C28H28ClN7O/c1-4-7-21-17-36(26-22(18(2)3)8-5-10-24(26)29)28(37)35(21)16-19-11-13-20(14-12-19)25-23(9-6-15-30-25)27-31-33-34-32-27/h5-6,8-15,17-18H,4,7,16H2,1-3H3,(H,31,32,33,34). The molecule has 3 aromatic heterocycles. The zero-order valence-electron chi connectivity index (χ0n) is 21.0. The topological polar surface area (TPSA) is 94.3 Å². The van der Waals surface area contributed by atoms with Crippen molar-refractivity contribution in [1.82, 2.24) is 34.7 Å². The SMILES string of the molecule is CCCc1cn(-c2c(Cl)cccc2C(C)C)c(=O)n1Cc1ccc(-c2ncccc2-c2nnn[nH]2)cc1. The minimum atomic E-state index is -0.0904. The Labute approximate surface area is 220 Å². The molecule has 0 bridgehead atoms. The summed E-state index contributed by atoms with van der Waals surface area (Å²) in [4.78, 5) is 18.2. The molecule has 0 amide bonds. The molecule has 5 rings (SSSR count). The minimum Gasteiger partial charge on any atom is -0.292 e. The van der Waals surface area contributed by atoms with Gasteiger partial charge in [0.1, 0.15) is 0 Å². The number of rotatable bonds is 8. The minimum absolute atomic E-state index is 0.0904. The highest BCUT2D eigenvalue weighted by Crippen LogP contribution is 2.30. The molecule has 0 atom stereocenters. The molecule has 0 unspecified atom stereocenters. The second kappa shape index (κ2) is 10.5. The average molecular weight is 514 g/mol. The number of benzene rings is 2. The van der Waals surface area contributed by atoms with Gasteiger partial charge in [-0.3, -0.25) is 14.1 Å². The van der Waals surface area contributed by atoms with Crippen molar-refractivity contribution in [2.45, 2.75) is 46.1 Å². The van der Waals surface area contributed by atoms with Crippen molar-refractivity contribution in [3.63, 3.8) is 0 Å². The summed E-state index contributed by atoms with van der Waals surface area (Å²) in [5.74, 6) is 0.792. The van der Waals surface area contributed by atoms with E-state index in [2.05, 4.69) is 46.4 Å². The Morgan fingerprint density at radius 1 is 1.05 bits per heavy atom. The number of para-hydroxylation sites is 1. The summed E-state index contributed by atoms with van der Waals surface area (Å²) in [5, 5.41) is 14.8. The number of nitrogens with one attached hydrogen (secondary N) is 1. The first kappa shape index (κ1) is 24.6. The second-order valence-corrected chi connectivity index (χ2v) is 9.70. The molecule has 0 aliphatic heterocycles. The number of hydrogen-bond acceptors (Lipinski definition) is 5. The fourth-order valence-electron chi connectivity index (χ4n) is 4.61. The Bertz CT molecular complexity index is 1570. The number of halogens is 1. The van der Waals surface area contributed by atoms with Crippen LogP contribution in [0.5, 0.6) is 0 Å². The third kappa shape index (κ3) is 4.84. The molecule has 0 radical (unpaired) electrons. The molecular weight excluding hydrogens is 486 g/mol. The van der Waals surface area contributed by atoms with Gasteiger partial charge in [0.05, 0.1) is 22.9 Å². The first-order valence-electron chi connectivity index (χ1n) is 12.4. The summed E-state index contributed by atoms with van der Waals surface area (Å²) in [5.41, 5.74) is 6.26. The van der Waals surface area contributed by atoms with Crippen LogP contribution in [0.1, 0.15) is 49.9 Å². The van der Waals surface area contributed by atoms with E-state index in [0.717, 1.165) is 52.2 Å². The molecular formula is C28H28ClN7O. The fraction of sp³-hybridized carbons (Fsp3) is 0.250. The molecule has 2 aromatic carbocycles. The fourth-order valence-corrected chi connectivity index (χ4v) is 4.89. The zero-order valence-corrected chi connectivity index (χ0v) is 21.8. The van der Waals surface area contributed by atoms with Gasteiger partial charge in [0.25, 0.3) is 0 Å². The zero-order chi connectivity index (χ0) is 25.9. The first-order chi connectivity index (χ1) is 18.0. The van der Waals surface area contributed by atoms with Crippen molar-refractivity contribution < 1.29 is 0 Å². The average Bonchev–Trinajstić information content (AvgIpc) is 3.54. The lowest BCUT2D eigenvalue weighted by atomic mass is 10.0. The van der Waals surface area contributed by atoms with E-state index in [1.165, 1.54) is 0 Å². The molecule has 1 N–H and O–H groups in total. The summed E-state index contributed by atoms with van der Waals surface area (Å²) in [6.07, 6.45) is 5.42. The highest BCUT2D eigenvalue weighted by atomic mass is 35.5. The number of nitrogens with zero attached hydrogens (tertiary/aromatic N) is 6. The van der Waals surface area contributed by atoms with Gasteiger partial charge in [0.2, 0.25) is 0 Å². The van der Waals surface area contributed by atoms with Crippen molar-refractivity contribution in [3.8, 4) is 28.3 Å². The largest absolute Gasteiger partial charge is 0.333 e. The van der Waals surface area contributed by atoms with Crippen LogP contribution in [0.3, 0.4) is 0 Å². The molecule has 0 aliphatic rings. The van der Waals surface area contributed by atoms with Crippen LogP contribution in [0.2, 0.25) is 5.02 Å². The highest BCUT2D eigenvalue weighted by molar-refractivity contribution is 6.32. The molecule has 0 spiro atoms. The van der Waals surface area contributed by atoms with E-state index in [-0.39, 0.29) is 11.6 Å². The number of pyridine rings is 1. The van der Waals surface area contributed by atoms with Gasteiger partial charge in [0, 0.05) is 29.2 Å². The van der Waals surface area contributed by atoms with E-state index in [9.17, 15) is 4.79 Å². The van der Waals surface area contributed by atoms with Crippen LogP contribution in [0.4, 0.5) is 0 Å². The number of H-pyrrole nitrogens is 1. The summed E-state index contributed by atoms with van der Waals surface area (Å²) in [7, 11) is 0. The number of aromatic amines is 1. The normalized spacial score (nSPS) is 11.4. The van der Waals surface area contributed by atoms with Crippen LogP contribution in [0, 0.1) is 0 Å². The Balaban J connectivity index is 1.51. The number of imidazole rings is 1. The van der Waals surface area contributed by atoms with Crippen molar-refractivity contribution in [3.05, 3.63) is 99.3 Å². The number of aryl methyl sites for hydroxylation is 1. The Kier molecular flexibility index (Phi) is 7.01. The third-order valence-electron chi connectivity index (χ3n) is 6.43. The van der Waals surface area contributed by atoms with E-state index in [1.807, 2.05) is 65.4 Å². The predicted octanol–water partition coefficient (Wildman–Crippen LogP) is 5.66. The maximum absolute atomic E-state index is 13.7. The summed E-state index contributed by atoms with van der Waals surface area (Å²) < 4.78 is 3.56. The van der Waals surface area contributed by atoms with Crippen molar-refractivity contribution in [2.75, 3.05) is 0 Å². The Morgan fingerprint density at radius 3 is 2.57 bits per heavy atom. The molecule has 188 valence electrons. The molecule has 0 saturated carbocycles. The number of hydrogen-bond donors (Lipinski definition) is 1. The van der Waals surface area contributed by atoms with Crippen molar-refractivity contribution in [2.24, 2.45) is 0 Å². The molecule has 37 heavy (non-hydrogen) atoms. The smallest absolute Gasteiger partial charge is 0.292 e. The van der Waals surface area contributed by atoms with Gasteiger partial charge in [-0.2, -0.15) is 0 Å². The van der Waals surface area contributed by atoms with E-state index >= 15 is 0 Å². The van der Waals surface area contributed by atoms with E-state index in [4.69, 9.17) is 11.6 Å². The van der Waals surface area contributed by atoms with Crippen LogP contribution < -0.4 is 5.69 Å². The van der Waals surface area contributed by atoms with E-state index in [1.54, 1.807) is 10.8 Å². The van der Waals surface area contributed by atoms with Gasteiger partial charge in [-0.05, 0) is 52.1 Å². The van der Waals surface area contributed by atoms with Gasteiger partial charge in [0.15, 0.2) is 5.82 Å². The number of aromatic nitrogens is 7. The van der Waals surface area contributed by atoms with Gasteiger partial charge < -0.3 is 0 Å². The Morgan fingerprint density at radius 2 is 1.86 bits per heavy atom. The van der Waals surface area contributed by atoms with Gasteiger partial charge >= 0.3 is 5.69 Å². The van der Waals surface area contributed by atoms with Crippen LogP contribution in [-0.4, -0.2) is 34.7 Å². The van der Waals surface area contributed by atoms with E-state index < -0.39 is 0 Å². The molecule has 8 nitrogen and oxygen atoms in total. The van der Waals surface area contributed by atoms with Crippen LogP contribution in [0.25, 0.3) is 28.3 Å². The first-order valence-corrected chi connectivity index (χ1v) is 12.7. The lowest BCUT2D eigenvalue weighted by Gasteiger charge is -2.14.